The van der Waals surface area contributed by atoms with Crippen molar-refractivity contribution in [2.24, 2.45) is 16.7 Å². The molecule has 1 atom stereocenters. The van der Waals surface area contributed by atoms with E-state index in [0.29, 0.717) is 22.9 Å². The fourth-order valence-electron chi connectivity index (χ4n) is 4.31. The number of rotatable bonds is 6. The number of nitrogens with one attached hydrogen (secondary N) is 1. The lowest BCUT2D eigenvalue weighted by molar-refractivity contribution is 0.0811. The number of hydrogen-bond acceptors (Lipinski definition) is 2. The molecule has 0 aromatic rings. The first-order valence-corrected chi connectivity index (χ1v) is 8.41. The minimum atomic E-state index is 0.477. The fourth-order valence-corrected chi connectivity index (χ4v) is 4.31. The van der Waals surface area contributed by atoms with Crippen LogP contribution in [0.5, 0.6) is 0 Å². The Hall–Kier alpha value is -0.0800. The Morgan fingerprint density at radius 2 is 1.55 bits per heavy atom. The molecule has 1 saturated carbocycles. The topological polar surface area (TPSA) is 15.3 Å². The molecule has 1 N–H and O–H groups in total. The molecule has 20 heavy (non-hydrogen) atoms. The average molecular weight is 283 g/mol. The summed E-state index contributed by atoms with van der Waals surface area (Å²) in [4.78, 5) is 2.38. The van der Waals surface area contributed by atoms with Crippen molar-refractivity contribution in [2.75, 3.05) is 20.6 Å². The number of hydrogen-bond donors (Lipinski definition) is 1. The van der Waals surface area contributed by atoms with Crippen LogP contribution in [0.1, 0.15) is 67.2 Å². The van der Waals surface area contributed by atoms with E-state index in [9.17, 15) is 0 Å². The first kappa shape index (κ1) is 18.0. The fraction of sp³-hybridized carbons (Fsp3) is 1.00. The molecular formula is C18H38N2. The Kier molecular flexibility index (Phi) is 6.10. The summed E-state index contributed by atoms with van der Waals surface area (Å²) in [5, 5.41) is 3.88. The van der Waals surface area contributed by atoms with E-state index in [4.69, 9.17) is 0 Å². The standard InChI is InChI=1S/C18H38N2/c1-14(2)9-16(20(7)8)12-19-15-10-17(3,4)13-18(5,6)11-15/h14-16,19H,9-13H2,1-8H3. The van der Waals surface area contributed by atoms with E-state index in [1.54, 1.807) is 0 Å². The molecule has 0 aliphatic heterocycles. The summed E-state index contributed by atoms with van der Waals surface area (Å²) in [7, 11) is 4.42. The molecule has 1 aliphatic carbocycles. The van der Waals surface area contributed by atoms with Crippen molar-refractivity contribution in [1.29, 1.82) is 0 Å². The van der Waals surface area contributed by atoms with Crippen LogP contribution >= 0.6 is 0 Å². The van der Waals surface area contributed by atoms with Crippen LogP contribution in [0.25, 0.3) is 0 Å². The summed E-state index contributed by atoms with van der Waals surface area (Å²) < 4.78 is 0. The smallest absolute Gasteiger partial charge is 0.0217 e. The van der Waals surface area contributed by atoms with Gasteiger partial charge >= 0.3 is 0 Å². The average Bonchev–Trinajstić information content (AvgIpc) is 2.18. The van der Waals surface area contributed by atoms with Crippen molar-refractivity contribution >= 4 is 0 Å². The van der Waals surface area contributed by atoms with Gasteiger partial charge in [0.05, 0.1) is 0 Å². The third-order valence-corrected chi connectivity index (χ3v) is 4.67. The highest BCUT2D eigenvalue weighted by atomic mass is 15.1. The summed E-state index contributed by atoms with van der Waals surface area (Å²) in [6.07, 6.45) is 5.26. The second-order valence-corrected chi connectivity index (χ2v) is 9.27. The first-order chi connectivity index (χ1) is 9.01. The summed E-state index contributed by atoms with van der Waals surface area (Å²) in [5.41, 5.74) is 0.955. The molecular weight excluding hydrogens is 244 g/mol. The largest absolute Gasteiger partial charge is 0.312 e. The molecule has 1 unspecified atom stereocenters. The van der Waals surface area contributed by atoms with Crippen molar-refractivity contribution in [3.05, 3.63) is 0 Å². The molecule has 0 spiro atoms. The SMILES string of the molecule is CC(C)CC(CNC1CC(C)(C)CC(C)(C)C1)N(C)C. The Morgan fingerprint density at radius 1 is 1.05 bits per heavy atom. The Bertz CT molecular complexity index is 276. The lowest BCUT2D eigenvalue weighted by Crippen LogP contribution is -2.48. The Labute approximate surface area is 127 Å². The van der Waals surface area contributed by atoms with Crippen molar-refractivity contribution in [3.63, 3.8) is 0 Å². The second kappa shape index (κ2) is 6.79. The summed E-state index contributed by atoms with van der Waals surface area (Å²) in [5.74, 6) is 0.767. The lowest BCUT2D eigenvalue weighted by atomic mass is 9.63. The lowest BCUT2D eigenvalue weighted by Gasteiger charge is -2.45. The molecule has 0 aromatic carbocycles. The molecule has 1 fully saturated rings. The van der Waals surface area contributed by atoms with Gasteiger partial charge in [-0.05, 0) is 56.5 Å². The summed E-state index contributed by atoms with van der Waals surface area (Å²) >= 11 is 0. The number of nitrogens with zero attached hydrogens (tertiary/aromatic N) is 1. The van der Waals surface area contributed by atoms with Gasteiger partial charge in [0.25, 0.3) is 0 Å². The third kappa shape index (κ3) is 6.13. The summed E-state index contributed by atoms with van der Waals surface area (Å²) in [6.45, 7) is 15.5. The maximum atomic E-state index is 3.88. The van der Waals surface area contributed by atoms with Gasteiger partial charge in [0.2, 0.25) is 0 Å². The quantitative estimate of drug-likeness (QED) is 0.787. The van der Waals surface area contributed by atoms with Crippen LogP contribution in [0.2, 0.25) is 0 Å². The van der Waals surface area contributed by atoms with Gasteiger partial charge in [0.1, 0.15) is 0 Å². The zero-order valence-corrected chi connectivity index (χ0v) is 15.2. The van der Waals surface area contributed by atoms with Gasteiger partial charge in [0, 0.05) is 18.6 Å². The second-order valence-electron chi connectivity index (χ2n) is 9.27. The van der Waals surface area contributed by atoms with E-state index in [0.717, 1.165) is 12.5 Å². The van der Waals surface area contributed by atoms with Crippen molar-refractivity contribution < 1.29 is 0 Å². The molecule has 0 heterocycles. The molecule has 120 valence electrons. The molecule has 0 bridgehead atoms. The van der Waals surface area contributed by atoms with E-state index in [-0.39, 0.29) is 0 Å². The zero-order valence-electron chi connectivity index (χ0n) is 15.2. The van der Waals surface area contributed by atoms with Crippen molar-refractivity contribution in [2.45, 2.75) is 79.3 Å². The Morgan fingerprint density at radius 3 is 1.95 bits per heavy atom. The van der Waals surface area contributed by atoms with Crippen molar-refractivity contribution in [3.8, 4) is 0 Å². The maximum Gasteiger partial charge on any atom is 0.0217 e. The van der Waals surface area contributed by atoms with Gasteiger partial charge in [-0.25, -0.2) is 0 Å². The minimum Gasteiger partial charge on any atom is -0.312 e. The third-order valence-electron chi connectivity index (χ3n) is 4.67. The van der Waals surface area contributed by atoms with Crippen LogP contribution in [-0.2, 0) is 0 Å². The van der Waals surface area contributed by atoms with Gasteiger partial charge in [-0.15, -0.1) is 0 Å². The Balaban J connectivity index is 2.54. The molecule has 2 nitrogen and oxygen atoms in total. The molecule has 1 rings (SSSR count). The van der Waals surface area contributed by atoms with Gasteiger partial charge in [-0.1, -0.05) is 41.5 Å². The van der Waals surface area contributed by atoms with E-state index in [2.05, 4.69) is 65.9 Å². The van der Waals surface area contributed by atoms with Gasteiger partial charge in [-0.3, -0.25) is 0 Å². The predicted molar refractivity (Wildman–Crippen MR) is 90.1 cm³/mol. The maximum absolute atomic E-state index is 3.88. The van der Waals surface area contributed by atoms with Crippen LogP contribution in [-0.4, -0.2) is 37.6 Å². The highest BCUT2D eigenvalue weighted by Crippen LogP contribution is 2.45. The monoisotopic (exact) mass is 282 g/mol. The minimum absolute atomic E-state index is 0.477. The van der Waals surface area contributed by atoms with Crippen LogP contribution in [0.15, 0.2) is 0 Å². The van der Waals surface area contributed by atoms with Crippen molar-refractivity contribution in [1.82, 2.24) is 10.2 Å². The molecule has 0 aromatic heterocycles. The van der Waals surface area contributed by atoms with E-state index in [1.807, 2.05) is 0 Å². The highest BCUT2D eigenvalue weighted by molar-refractivity contribution is 4.92. The number of likely N-dealkylation sites (N-methyl/N-ethyl adjacent to an activating group) is 1. The summed E-state index contributed by atoms with van der Waals surface area (Å²) in [6, 6.07) is 1.34. The van der Waals surface area contributed by atoms with E-state index < -0.39 is 0 Å². The van der Waals surface area contributed by atoms with Gasteiger partial charge < -0.3 is 10.2 Å². The van der Waals surface area contributed by atoms with Crippen LogP contribution < -0.4 is 5.32 Å². The van der Waals surface area contributed by atoms with Gasteiger partial charge in [-0.2, -0.15) is 0 Å². The molecule has 0 amide bonds. The molecule has 0 saturated heterocycles. The van der Waals surface area contributed by atoms with E-state index >= 15 is 0 Å². The van der Waals surface area contributed by atoms with Crippen LogP contribution in [0.4, 0.5) is 0 Å². The molecule has 0 radical (unpaired) electrons. The predicted octanol–water partition coefficient (Wildman–Crippen LogP) is 4.16. The first-order valence-electron chi connectivity index (χ1n) is 8.41. The normalized spacial score (nSPS) is 24.3. The zero-order chi connectivity index (χ0) is 15.6. The van der Waals surface area contributed by atoms with E-state index in [1.165, 1.54) is 25.7 Å². The molecule has 1 aliphatic rings. The van der Waals surface area contributed by atoms with Gasteiger partial charge in [0.15, 0.2) is 0 Å². The van der Waals surface area contributed by atoms with Crippen LogP contribution in [0.3, 0.4) is 0 Å². The molecule has 2 heteroatoms. The highest BCUT2D eigenvalue weighted by Gasteiger charge is 2.38. The van der Waals surface area contributed by atoms with Crippen LogP contribution in [0, 0.1) is 16.7 Å².